The van der Waals surface area contributed by atoms with E-state index in [2.05, 4.69) is 133 Å². The molecule has 0 saturated heterocycles. The van der Waals surface area contributed by atoms with Gasteiger partial charge in [0.15, 0.2) is 0 Å². The van der Waals surface area contributed by atoms with Gasteiger partial charge < -0.3 is 0 Å². The first-order valence-electron chi connectivity index (χ1n) is 12.6. The predicted octanol–water partition coefficient (Wildman–Crippen LogP) is 8.76. The molecule has 2 heteroatoms. The van der Waals surface area contributed by atoms with Crippen LogP contribution in [-0.2, 0) is 10.8 Å². The van der Waals surface area contributed by atoms with Gasteiger partial charge in [0.1, 0.15) is 0 Å². The highest BCUT2D eigenvalue weighted by molar-refractivity contribution is 6.03. The Balaban J connectivity index is 1.70. The minimum atomic E-state index is 0.150. The van der Waals surface area contributed by atoms with Crippen LogP contribution in [0.15, 0.2) is 77.9 Å². The Bertz CT molecular complexity index is 1140. The molecule has 0 fully saturated rings. The molecule has 1 atom stereocenters. The molecule has 0 bridgehead atoms. The molecule has 4 rings (SSSR count). The molecule has 3 aromatic carbocycles. The third-order valence-electron chi connectivity index (χ3n) is 6.98. The molecule has 1 unspecified atom stereocenters. The Hall–Kier alpha value is -2.87. The summed E-state index contributed by atoms with van der Waals surface area (Å²) in [6.45, 7) is 18.1. The Labute approximate surface area is 206 Å². The minimum Gasteiger partial charge on any atom is -0.257 e. The van der Waals surface area contributed by atoms with Crippen LogP contribution in [0.5, 0.6) is 0 Å². The largest absolute Gasteiger partial charge is 0.257 e. The molecule has 0 N–H and O–H groups in total. The van der Waals surface area contributed by atoms with Crippen LogP contribution in [0.4, 0.5) is 5.69 Å². The molecule has 178 valence electrons. The van der Waals surface area contributed by atoms with Gasteiger partial charge in [-0.2, -0.15) is 5.10 Å². The molecule has 0 aliphatic carbocycles. The first-order valence-corrected chi connectivity index (χ1v) is 12.6. The lowest BCUT2D eigenvalue weighted by atomic mass is 9.85. The van der Waals surface area contributed by atoms with E-state index in [0.29, 0.717) is 5.92 Å². The highest BCUT2D eigenvalue weighted by atomic mass is 15.5. The zero-order chi connectivity index (χ0) is 24.7. The Morgan fingerprint density at radius 1 is 0.706 bits per heavy atom. The maximum absolute atomic E-state index is 5.17. The molecule has 1 aliphatic rings. The summed E-state index contributed by atoms with van der Waals surface area (Å²) in [5.41, 5.74) is 9.20. The molecule has 1 aliphatic heterocycles. The highest BCUT2D eigenvalue weighted by Gasteiger charge is 2.30. The molecule has 0 radical (unpaired) electrons. The van der Waals surface area contributed by atoms with Crippen molar-refractivity contribution in [2.75, 3.05) is 5.01 Å². The summed E-state index contributed by atoms with van der Waals surface area (Å²) in [6, 6.07) is 27.3. The van der Waals surface area contributed by atoms with Crippen molar-refractivity contribution >= 4 is 11.4 Å². The summed E-state index contributed by atoms with van der Waals surface area (Å²) < 4.78 is 0. The van der Waals surface area contributed by atoms with Gasteiger partial charge in [-0.15, -0.1) is 0 Å². The van der Waals surface area contributed by atoms with E-state index in [1.54, 1.807) is 0 Å². The van der Waals surface area contributed by atoms with Crippen molar-refractivity contribution in [2.45, 2.75) is 84.6 Å². The van der Waals surface area contributed by atoms with Crippen LogP contribution in [-0.4, -0.2) is 5.71 Å². The Kier molecular flexibility index (Phi) is 6.46. The second-order valence-electron chi connectivity index (χ2n) is 12.1. The summed E-state index contributed by atoms with van der Waals surface area (Å²) in [6.07, 6.45) is 0.898. The van der Waals surface area contributed by atoms with Gasteiger partial charge in [-0.1, -0.05) is 116 Å². The summed E-state index contributed by atoms with van der Waals surface area (Å²) in [4.78, 5) is 0. The van der Waals surface area contributed by atoms with Gasteiger partial charge in [-0.3, -0.25) is 5.01 Å². The van der Waals surface area contributed by atoms with E-state index < -0.39 is 0 Å². The quantitative estimate of drug-likeness (QED) is 0.386. The number of hydrazone groups is 1. The number of nitrogens with zero attached hydrogens (tertiary/aromatic N) is 2. The van der Waals surface area contributed by atoms with Crippen molar-refractivity contribution in [3.63, 3.8) is 0 Å². The fourth-order valence-corrected chi connectivity index (χ4v) is 4.56. The zero-order valence-corrected chi connectivity index (χ0v) is 22.2. The minimum absolute atomic E-state index is 0.150. The molecule has 0 saturated carbocycles. The van der Waals surface area contributed by atoms with Crippen molar-refractivity contribution < 1.29 is 0 Å². The van der Waals surface area contributed by atoms with Crippen LogP contribution in [0.1, 0.15) is 102 Å². The van der Waals surface area contributed by atoms with E-state index in [-0.39, 0.29) is 16.9 Å². The monoisotopic (exact) mass is 452 g/mol. The SMILES string of the molecule is CC(C)c1ccc(N2N=C(c3ccc(C(C)(C)C)cc3)CC2c2ccc(C(C)(C)C)cc2)cc1. The van der Waals surface area contributed by atoms with Crippen LogP contribution >= 0.6 is 0 Å². The number of hydrogen-bond donors (Lipinski definition) is 0. The van der Waals surface area contributed by atoms with Crippen molar-refractivity contribution in [1.29, 1.82) is 0 Å². The van der Waals surface area contributed by atoms with Crippen LogP contribution in [0.2, 0.25) is 0 Å². The van der Waals surface area contributed by atoms with E-state index in [0.717, 1.165) is 17.8 Å². The highest BCUT2D eigenvalue weighted by Crippen LogP contribution is 2.38. The molecule has 3 aromatic rings. The van der Waals surface area contributed by atoms with Crippen molar-refractivity contribution in [2.24, 2.45) is 5.10 Å². The summed E-state index contributed by atoms with van der Waals surface area (Å²) in [5.74, 6) is 0.522. The van der Waals surface area contributed by atoms with Crippen molar-refractivity contribution in [1.82, 2.24) is 0 Å². The predicted molar refractivity (Wildman–Crippen MR) is 147 cm³/mol. The molecule has 0 amide bonds. The van der Waals surface area contributed by atoms with E-state index in [1.165, 1.54) is 27.8 Å². The van der Waals surface area contributed by atoms with Gasteiger partial charge in [0.2, 0.25) is 0 Å². The maximum atomic E-state index is 5.17. The molecule has 2 nitrogen and oxygen atoms in total. The first kappa shape index (κ1) is 24.3. The smallest absolute Gasteiger partial charge is 0.0831 e. The average molecular weight is 453 g/mol. The van der Waals surface area contributed by atoms with Gasteiger partial charge in [0, 0.05) is 6.42 Å². The standard InChI is InChI=1S/C32H40N2/c1-22(2)23-13-19-28(20-14-23)34-30(25-11-17-27(18-12-25)32(6,7)8)21-29(33-34)24-9-15-26(16-10-24)31(3,4)5/h9-20,22,30H,21H2,1-8H3. The Morgan fingerprint density at radius 3 is 1.68 bits per heavy atom. The van der Waals surface area contributed by atoms with Crippen LogP contribution < -0.4 is 5.01 Å². The number of anilines is 1. The van der Waals surface area contributed by atoms with E-state index >= 15 is 0 Å². The second-order valence-corrected chi connectivity index (χ2v) is 12.1. The van der Waals surface area contributed by atoms with Crippen molar-refractivity contribution in [3.8, 4) is 0 Å². The zero-order valence-electron chi connectivity index (χ0n) is 22.2. The third-order valence-corrected chi connectivity index (χ3v) is 6.98. The summed E-state index contributed by atoms with van der Waals surface area (Å²) in [5, 5.41) is 7.40. The van der Waals surface area contributed by atoms with Crippen LogP contribution in [0.25, 0.3) is 0 Å². The van der Waals surface area contributed by atoms with Gasteiger partial charge in [0.25, 0.3) is 0 Å². The molecular weight excluding hydrogens is 412 g/mol. The topological polar surface area (TPSA) is 15.6 Å². The maximum Gasteiger partial charge on any atom is 0.0831 e. The molecule has 0 spiro atoms. The normalized spacial score (nSPS) is 16.8. The fraction of sp³-hybridized carbons (Fsp3) is 0.406. The molecule has 0 aromatic heterocycles. The lowest BCUT2D eigenvalue weighted by molar-refractivity contribution is 0.589. The molecule has 1 heterocycles. The summed E-state index contributed by atoms with van der Waals surface area (Å²) in [7, 11) is 0. The van der Waals surface area contributed by atoms with Gasteiger partial charge >= 0.3 is 0 Å². The average Bonchev–Trinajstić information content (AvgIpc) is 3.24. The second kappa shape index (κ2) is 9.06. The van der Waals surface area contributed by atoms with Crippen LogP contribution in [0, 0.1) is 0 Å². The van der Waals surface area contributed by atoms with Crippen molar-refractivity contribution in [3.05, 3.63) is 101 Å². The first-order chi connectivity index (χ1) is 15.9. The fourth-order valence-electron chi connectivity index (χ4n) is 4.56. The number of hydrogen-bond acceptors (Lipinski definition) is 2. The third kappa shape index (κ3) is 5.12. The lowest BCUT2D eigenvalue weighted by Gasteiger charge is -2.26. The van der Waals surface area contributed by atoms with Gasteiger partial charge in [0.05, 0.1) is 17.4 Å². The van der Waals surface area contributed by atoms with Crippen LogP contribution in [0.3, 0.4) is 0 Å². The van der Waals surface area contributed by atoms with E-state index in [1.807, 2.05) is 0 Å². The molecular formula is C32H40N2. The van der Waals surface area contributed by atoms with E-state index in [9.17, 15) is 0 Å². The van der Waals surface area contributed by atoms with E-state index in [4.69, 9.17) is 5.10 Å². The molecule has 34 heavy (non-hydrogen) atoms. The Morgan fingerprint density at radius 2 is 1.21 bits per heavy atom. The van der Waals surface area contributed by atoms with Gasteiger partial charge in [-0.05, 0) is 56.7 Å². The lowest BCUT2D eigenvalue weighted by Crippen LogP contribution is -2.19. The summed E-state index contributed by atoms with van der Waals surface area (Å²) >= 11 is 0. The number of benzene rings is 3. The number of rotatable bonds is 4. The van der Waals surface area contributed by atoms with Gasteiger partial charge in [-0.25, -0.2) is 0 Å².